The van der Waals surface area contributed by atoms with Crippen LogP contribution in [0.2, 0.25) is 0 Å². The molecule has 1 unspecified atom stereocenters. The molecule has 110 valence electrons. The number of halogens is 1. The summed E-state index contributed by atoms with van der Waals surface area (Å²) in [6.07, 6.45) is 3.38. The molecule has 1 aromatic carbocycles. The summed E-state index contributed by atoms with van der Waals surface area (Å²) in [5, 5.41) is 2.78. The Morgan fingerprint density at radius 2 is 1.95 bits per heavy atom. The van der Waals surface area contributed by atoms with Crippen LogP contribution in [0.1, 0.15) is 19.3 Å². The van der Waals surface area contributed by atoms with Crippen molar-refractivity contribution in [3.05, 3.63) is 28.7 Å². The molecule has 0 aliphatic carbocycles. The van der Waals surface area contributed by atoms with Crippen molar-refractivity contribution in [2.24, 2.45) is 0 Å². The van der Waals surface area contributed by atoms with Gasteiger partial charge in [-0.1, -0.05) is 22.4 Å². The van der Waals surface area contributed by atoms with Gasteiger partial charge >= 0.3 is 0 Å². The van der Waals surface area contributed by atoms with Gasteiger partial charge in [-0.05, 0) is 37.1 Å². The number of nitrogens with zero attached hydrogens (tertiary/aromatic N) is 1. The standard InChI is InChI=1S/C13H17BrN2O3S/c1-20(18,19)16-9-3-2-4-12(16)13(17)15-11-7-5-10(14)6-8-11/h5-8,12H,2-4,9H2,1H3,(H,15,17). The predicted molar refractivity (Wildman–Crippen MR) is 82.0 cm³/mol. The molecule has 7 heteroatoms. The molecule has 2 rings (SSSR count). The third-order valence-corrected chi connectivity index (χ3v) is 5.11. The van der Waals surface area contributed by atoms with E-state index in [0.29, 0.717) is 18.7 Å². The fourth-order valence-corrected chi connectivity index (χ4v) is 3.71. The molecule has 1 heterocycles. The lowest BCUT2D eigenvalue weighted by molar-refractivity contribution is -0.120. The molecular formula is C13H17BrN2O3S. The second-order valence-electron chi connectivity index (χ2n) is 4.88. The molecule has 1 aromatic rings. The molecule has 0 spiro atoms. The number of piperidine rings is 1. The monoisotopic (exact) mass is 360 g/mol. The van der Waals surface area contributed by atoms with Gasteiger partial charge in [0.25, 0.3) is 0 Å². The average molecular weight is 361 g/mol. The maximum Gasteiger partial charge on any atom is 0.242 e. The minimum Gasteiger partial charge on any atom is -0.325 e. The van der Waals surface area contributed by atoms with Crippen molar-refractivity contribution in [3.8, 4) is 0 Å². The lowest BCUT2D eigenvalue weighted by Gasteiger charge is -2.32. The number of anilines is 1. The highest BCUT2D eigenvalue weighted by Crippen LogP contribution is 2.22. The molecule has 1 N–H and O–H groups in total. The summed E-state index contributed by atoms with van der Waals surface area (Å²) in [6, 6.07) is 6.59. The first-order chi connectivity index (χ1) is 9.38. The number of sulfonamides is 1. The number of benzene rings is 1. The predicted octanol–water partition coefficient (Wildman–Crippen LogP) is 2.20. The van der Waals surface area contributed by atoms with E-state index in [2.05, 4.69) is 21.2 Å². The average Bonchev–Trinajstić information content (AvgIpc) is 2.40. The SMILES string of the molecule is CS(=O)(=O)N1CCCCC1C(=O)Nc1ccc(Br)cc1. The van der Waals surface area contributed by atoms with E-state index in [1.807, 2.05) is 12.1 Å². The van der Waals surface area contributed by atoms with Gasteiger partial charge in [-0.15, -0.1) is 0 Å². The van der Waals surface area contributed by atoms with Gasteiger partial charge in [0.1, 0.15) is 6.04 Å². The van der Waals surface area contributed by atoms with Gasteiger partial charge < -0.3 is 5.32 Å². The summed E-state index contributed by atoms with van der Waals surface area (Å²) >= 11 is 3.32. The van der Waals surface area contributed by atoms with E-state index in [1.54, 1.807) is 12.1 Å². The maximum atomic E-state index is 12.3. The molecule has 1 amide bonds. The van der Waals surface area contributed by atoms with E-state index in [-0.39, 0.29) is 5.91 Å². The zero-order valence-corrected chi connectivity index (χ0v) is 13.6. The van der Waals surface area contributed by atoms with Crippen molar-refractivity contribution in [2.75, 3.05) is 18.1 Å². The Hall–Kier alpha value is -0.920. The number of carbonyl (C=O) groups excluding carboxylic acids is 1. The Kier molecular flexibility index (Phi) is 4.82. The highest BCUT2D eigenvalue weighted by atomic mass is 79.9. The molecule has 1 aliphatic heterocycles. The minimum absolute atomic E-state index is 0.266. The van der Waals surface area contributed by atoms with Crippen LogP contribution in [0, 0.1) is 0 Å². The molecule has 5 nitrogen and oxygen atoms in total. The first kappa shape index (κ1) is 15.5. The van der Waals surface area contributed by atoms with Crippen molar-refractivity contribution in [2.45, 2.75) is 25.3 Å². The summed E-state index contributed by atoms with van der Waals surface area (Å²) in [5.41, 5.74) is 0.664. The molecule has 0 aromatic heterocycles. The molecule has 1 fully saturated rings. The molecule has 1 atom stereocenters. The van der Waals surface area contributed by atoms with Gasteiger partial charge in [-0.2, -0.15) is 4.31 Å². The van der Waals surface area contributed by atoms with Crippen LogP contribution in [-0.2, 0) is 14.8 Å². The molecule has 1 aliphatic rings. The van der Waals surface area contributed by atoms with Crippen molar-refractivity contribution in [1.82, 2.24) is 4.31 Å². The lowest BCUT2D eigenvalue weighted by Crippen LogP contribution is -2.49. The van der Waals surface area contributed by atoms with Crippen LogP contribution >= 0.6 is 15.9 Å². The van der Waals surface area contributed by atoms with Crippen LogP contribution in [0.4, 0.5) is 5.69 Å². The summed E-state index contributed by atoms with van der Waals surface area (Å²) in [5.74, 6) is -0.266. The van der Waals surface area contributed by atoms with Crippen LogP contribution < -0.4 is 5.32 Å². The lowest BCUT2D eigenvalue weighted by atomic mass is 10.0. The Morgan fingerprint density at radius 1 is 1.30 bits per heavy atom. The van der Waals surface area contributed by atoms with E-state index in [1.165, 1.54) is 4.31 Å². The van der Waals surface area contributed by atoms with Gasteiger partial charge in [0.15, 0.2) is 0 Å². The van der Waals surface area contributed by atoms with Crippen molar-refractivity contribution in [3.63, 3.8) is 0 Å². The maximum absolute atomic E-state index is 12.3. The van der Waals surface area contributed by atoms with E-state index < -0.39 is 16.1 Å². The van der Waals surface area contributed by atoms with Gasteiger partial charge in [-0.3, -0.25) is 4.79 Å². The van der Waals surface area contributed by atoms with E-state index in [0.717, 1.165) is 23.6 Å². The minimum atomic E-state index is -3.35. The van der Waals surface area contributed by atoms with E-state index >= 15 is 0 Å². The Bertz CT molecular complexity index is 586. The van der Waals surface area contributed by atoms with Crippen LogP contribution in [-0.4, -0.2) is 37.5 Å². The van der Waals surface area contributed by atoms with Gasteiger partial charge in [0.2, 0.25) is 15.9 Å². The van der Waals surface area contributed by atoms with Crippen LogP contribution in [0.15, 0.2) is 28.7 Å². The fraction of sp³-hybridized carbons (Fsp3) is 0.462. The summed E-state index contributed by atoms with van der Waals surface area (Å²) < 4.78 is 25.7. The fourth-order valence-electron chi connectivity index (χ4n) is 2.32. The molecule has 0 radical (unpaired) electrons. The third-order valence-electron chi connectivity index (χ3n) is 3.29. The first-order valence-corrected chi connectivity index (χ1v) is 9.05. The van der Waals surface area contributed by atoms with E-state index in [9.17, 15) is 13.2 Å². The first-order valence-electron chi connectivity index (χ1n) is 6.41. The van der Waals surface area contributed by atoms with Gasteiger partial charge in [0.05, 0.1) is 6.26 Å². The quantitative estimate of drug-likeness (QED) is 0.898. The molecule has 0 saturated carbocycles. The van der Waals surface area contributed by atoms with Gasteiger partial charge in [-0.25, -0.2) is 8.42 Å². The number of carbonyl (C=O) groups is 1. The zero-order chi connectivity index (χ0) is 14.8. The highest BCUT2D eigenvalue weighted by molar-refractivity contribution is 9.10. The summed E-state index contributed by atoms with van der Waals surface area (Å²) in [6.45, 7) is 0.414. The second-order valence-corrected chi connectivity index (χ2v) is 7.73. The smallest absolute Gasteiger partial charge is 0.242 e. The van der Waals surface area contributed by atoms with Crippen molar-refractivity contribution in [1.29, 1.82) is 0 Å². The highest BCUT2D eigenvalue weighted by Gasteiger charge is 2.34. The number of amides is 1. The Morgan fingerprint density at radius 3 is 2.55 bits per heavy atom. The van der Waals surface area contributed by atoms with Crippen LogP contribution in [0.25, 0.3) is 0 Å². The number of nitrogens with one attached hydrogen (secondary N) is 1. The third kappa shape index (κ3) is 3.80. The summed E-state index contributed by atoms with van der Waals surface area (Å²) in [7, 11) is -3.35. The van der Waals surface area contributed by atoms with Crippen LogP contribution in [0.5, 0.6) is 0 Å². The molecule has 1 saturated heterocycles. The molecule has 0 bridgehead atoms. The number of hydrogen-bond donors (Lipinski definition) is 1. The van der Waals surface area contributed by atoms with Gasteiger partial charge in [0, 0.05) is 16.7 Å². The topological polar surface area (TPSA) is 66.5 Å². The normalized spacial score (nSPS) is 20.6. The van der Waals surface area contributed by atoms with E-state index in [4.69, 9.17) is 0 Å². The number of rotatable bonds is 3. The van der Waals surface area contributed by atoms with Crippen molar-refractivity contribution >= 4 is 37.5 Å². The van der Waals surface area contributed by atoms with Crippen LogP contribution in [0.3, 0.4) is 0 Å². The number of hydrogen-bond acceptors (Lipinski definition) is 3. The molecule has 20 heavy (non-hydrogen) atoms. The summed E-state index contributed by atoms with van der Waals surface area (Å²) in [4.78, 5) is 12.3. The Balaban J connectivity index is 2.12. The Labute approximate surface area is 127 Å². The second kappa shape index (κ2) is 6.24. The largest absolute Gasteiger partial charge is 0.325 e. The van der Waals surface area contributed by atoms with Crippen molar-refractivity contribution < 1.29 is 13.2 Å². The molecular weight excluding hydrogens is 344 g/mol. The zero-order valence-electron chi connectivity index (χ0n) is 11.2.